The first-order chi connectivity index (χ1) is 16.2. The zero-order chi connectivity index (χ0) is 25.3. The molecule has 34 heavy (non-hydrogen) atoms. The number of hydrogen-bond acceptors (Lipinski definition) is 4. The third kappa shape index (κ3) is 8.09. The van der Waals surface area contributed by atoms with Gasteiger partial charge < -0.3 is 10.1 Å². The lowest BCUT2D eigenvalue weighted by molar-refractivity contribution is -0.137. The van der Waals surface area contributed by atoms with E-state index in [-0.39, 0.29) is 16.5 Å². The quantitative estimate of drug-likeness (QED) is 0.147. The summed E-state index contributed by atoms with van der Waals surface area (Å²) in [5.74, 6) is -5.13. The first-order valence-electron chi connectivity index (χ1n) is 10.9. The van der Waals surface area contributed by atoms with Gasteiger partial charge in [0, 0.05) is 39.6 Å². The number of anilines is 1. The molecule has 2 aromatic rings. The van der Waals surface area contributed by atoms with Crippen LogP contribution in [0.1, 0.15) is 50.4 Å². The summed E-state index contributed by atoms with van der Waals surface area (Å²) in [5, 5.41) is 2.89. The van der Waals surface area contributed by atoms with Crippen LogP contribution >= 0.6 is 23.4 Å². The van der Waals surface area contributed by atoms with Gasteiger partial charge in [0.1, 0.15) is 0 Å². The Hall–Kier alpha value is -2.45. The molecule has 1 N–H and O–H groups in total. The molecule has 184 valence electrons. The largest absolute Gasteiger partial charge is 0.463 e. The lowest BCUT2D eigenvalue weighted by Gasteiger charge is -2.23. The molecule has 0 fully saturated rings. The second-order valence-corrected chi connectivity index (χ2v) is 9.35. The smallest absolute Gasteiger partial charge is 0.330 e. The van der Waals surface area contributed by atoms with E-state index in [1.165, 1.54) is 23.9 Å². The first kappa shape index (κ1) is 27.8. The average molecular weight is 514 g/mol. The molecular formula is C25H27ClF3NO3S. The van der Waals surface area contributed by atoms with Crippen LogP contribution in [0.4, 0.5) is 18.9 Å². The van der Waals surface area contributed by atoms with Gasteiger partial charge in [-0.15, -0.1) is 11.8 Å². The van der Waals surface area contributed by atoms with Crippen molar-refractivity contribution in [2.45, 2.75) is 50.2 Å². The van der Waals surface area contributed by atoms with Crippen molar-refractivity contribution in [1.82, 2.24) is 0 Å². The van der Waals surface area contributed by atoms with Crippen molar-refractivity contribution in [2.24, 2.45) is 5.92 Å². The number of esters is 1. The summed E-state index contributed by atoms with van der Waals surface area (Å²) in [4.78, 5) is 24.9. The van der Waals surface area contributed by atoms with Gasteiger partial charge in [-0.25, -0.2) is 18.0 Å². The Morgan fingerprint density at radius 2 is 1.82 bits per heavy atom. The number of thioether (sulfide) groups is 1. The molecule has 0 radical (unpaired) electrons. The summed E-state index contributed by atoms with van der Waals surface area (Å²) in [6.07, 6.45) is 5.71. The van der Waals surface area contributed by atoms with Crippen molar-refractivity contribution < 1.29 is 27.5 Å². The third-order valence-electron chi connectivity index (χ3n) is 5.00. The minimum Gasteiger partial charge on any atom is -0.463 e. The van der Waals surface area contributed by atoms with Crippen molar-refractivity contribution in [2.75, 3.05) is 11.9 Å². The molecule has 2 rings (SSSR count). The number of hydrogen-bond donors (Lipinski definition) is 1. The van der Waals surface area contributed by atoms with Gasteiger partial charge in [0.05, 0.1) is 11.6 Å². The van der Waals surface area contributed by atoms with E-state index in [4.69, 9.17) is 16.3 Å². The number of rotatable bonds is 11. The zero-order valence-corrected chi connectivity index (χ0v) is 20.7. The highest BCUT2D eigenvalue weighted by molar-refractivity contribution is 8.00. The Morgan fingerprint density at radius 3 is 2.44 bits per heavy atom. The van der Waals surface area contributed by atoms with Crippen molar-refractivity contribution in [1.29, 1.82) is 0 Å². The normalized spacial score (nSPS) is 13.0. The van der Waals surface area contributed by atoms with Crippen LogP contribution in [0.2, 0.25) is 5.02 Å². The summed E-state index contributed by atoms with van der Waals surface area (Å²) in [6, 6.07) is 6.07. The van der Waals surface area contributed by atoms with E-state index < -0.39 is 29.3 Å². The lowest BCUT2D eigenvalue weighted by atomic mass is 9.99. The summed E-state index contributed by atoms with van der Waals surface area (Å²) in [7, 11) is 0. The van der Waals surface area contributed by atoms with E-state index >= 15 is 0 Å². The van der Waals surface area contributed by atoms with Crippen LogP contribution in [0.5, 0.6) is 0 Å². The highest BCUT2D eigenvalue weighted by Gasteiger charge is 2.20. The zero-order valence-electron chi connectivity index (χ0n) is 19.2. The van der Waals surface area contributed by atoms with Gasteiger partial charge in [-0.2, -0.15) is 0 Å². The van der Waals surface area contributed by atoms with Crippen molar-refractivity contribution >= 4 is 40.9 Å². The molecule has 0 spiro atoms. The fraction of sp³-hybridized carbons (Fsp3) is 0.360. The molecule has 9 heteroatoms. The minimum atomic E-state index is -1.60. The van der Waals surface area contributed by atoms with E-state index in [0.717, 1.165) is 12.8 Å². The van der Waals surface area contributed by atoms with Crippen LogP contribution in [0.3, 0.4) is 0 Å². The first-order valence-corrected chi connectivity index (χ1v) is 12.2. The number of benzene rings is 2. The summed E-state index contributed by atoms with van der Waals surface area (Å²) >= 11 is 7.87. The van der Waals surface area contributed by atoms with Crippen molar-refractivity contribution in [3.05, 3.63) is 70.5 Å². The van der Waals surface area contributed by atoms with Gasteiger partial charge in [-0.3, -0.25) is 4.79 Å². The molecule has 0 heterocycles. The number of halogens is 4. The van der Waals surface area contributed by atoms with Crippen LogP contribution in [-0.2, 0) is 9.53 Å². The van der Waals surface area contributed by atoms with Gasteiger partial charge >= 0.3 is 5.97 Å². The van der Waals surface area contributed by atoms with E-state index in [1.54, 1.807) is 25.1 Å². The number of ether oxygens (including phenoxy) is 1. The monoisotopic (exact) mass is 513 g/mol. The molecule has 0 aliphatic heterocycles. The number of carbonyl (C=O) groups is 2. The van der Waals surface area contributed by atoms with Crippen molar-refractivity contribution in [3.8, 4) is 0 Å². The van der Waals surface area contributed by atoms with Gasteiger partial charge in [-0.1, -0.05) is 37.9 Å². The Morgan fingerprint density at radius 1 is 1.15 bits per heavy atom. The summed E-state index contributed by atoms with van der Waals surface area (Å²) in [5.41, 5.74) is 0.0186. The second kappa shape index (κ2) is 13.4. The lowest BCUT2D eigenvalue weighted by Crippen LogP contribution is -2.15. The standard InChI is InChI=1S/C25H27ClF3NO3S/c1-4-7-15(3)21(8-6-9-23(31)33-5-2)34-22-12-16(10-11-18(22)26)25(32)30-17-13-19(27)24(29)20(28)14-17/h6,9-15,21H,4-5,7-8H2,1-3H3,(H,30,32). The average Bonchev–Trinajstić information content (AvgIpc) is 2.78. The predicted molar refractivity (Wildman–Crippen MR) is 130 cm³/mol. The Balaban J connectivity index is 2.21. The van der Waals surface area contributed by atoms with Gasteiger partial charge in [0.2, 0.25) is 0 Å². The Kier molecular flexibility index (Phi) is 11.0. The van der Waals surface area contributed by atoms with Crippen LogP contribution in [0.25, 0.3) is 0 Å². The maximum absolute atomic E-state index is 13.5. The fourth-order valence-corrected chi connectivity index (χ4v) is 4.78. The number of carbonyl (C=O) groups excluding carboxylic acids is 2. The molecule has 0 bridgehead atoms. The molecule has 0 aliphatic rings. The Labute approximate surface area is 206 Å². The van der Waals surface area contributed by atoms with Crippen LogP contribution in [-0.4, -0.2) is 23.7 Å². The molecule has 2 aromatic carbocycles. The molecular weight excluding hydrogens is 487 g/mol. The van der Waals surface area contributed by atoms with Crippen LogP contribution in [0.15, 0.2) is 47.4 Å². The molecule has 4 nitrogen and oxygen atoms in total. The minimum absolute atomic E-state index is 0.0710. The molecule has 1 amide bonds. The predicted octanol–water partition coefficient (Wildman–Crippen LogP) is 7.42. The number of amides is 1. The molecule has 0 saturated heterocycles. The van der Waals surface area contributed by atoms with Crippen LogP contribution < -0.4 is 5.32 Å². The maximum atomic E-state index is 13.5. The number of allylic oxidation sites excluding steroid dienone is 1. The van der Waals surface area contributed by atoms with E-state index in [0.29, 0.717) is 41.0 Å². The fourth-order valence-electron chi connectivity index (χ4n) is 3.26. The number of nitrogens with one attached hydrogen (secondary N) is 1. The highest BCUT2D eigenvalue weighted by atomic mass is 35.5. The van der Waals surface area contributed by atoms with E-state index in [2.05, 4.69) is 19.2 Å². The van der Waals surface area contributed by atoms with Gasteiger partial charge in [0.15, 0.2) is 17.5 Å². The van der Waals surface area contributed by atoms with E-state index in [9.17, 15) is 22.8 Å². The molecule has 2 unspecified atom stereocenters. The SMILES string of the molecule is CCCC(C)C(CC=CC(=O)OCC)Sc1cc(C(=O)Nc2cc(F)c(F)c(F)c2)ccc1Cl. The highest BCUT2D eigenvalue weighted by Crippen LogP contribution is 2.37. The molecule has 0 aliphatic carbocycles. The third-order valence-corrected chi connectivity index (χ3v) is 6.99. The summed E-state index contributed by atoms with van der Waals surface area (Å²) in [6.45, 7) is 6.24. The Bertz CT molecular complexity index is 1030. The maximum Gasteiger partial charge on any atom is 0.330 e. The molecule has 0 saturated carbocycles. The van der Waals surface area contributed by atoms with Gasteiger partial charge in [-0.05, 0) is 43.9 Å². The van der Waals surface area contributed by atoms with Crippen LogP contribution in [0, 0.1) is 23.4 Å². The summed E-state index contributed by atoms with van der Waals surface area (Å²) < 4.78 is 45.0. The molecule has 0 aromatic heterocycles. The molecule has 2 atom stereocenters. The van der Waals surface area contributed by atoms with E-state index in [1.807, 2.05) is 0 Å². The van der Waals surface area contributed by atoms with Crippen molar-refractivity contribution in [3.63, 3.8) is 0 Å². The second-order valence-electron chi connectivity index (χ2n) is 7.67. The van der Waals surface area contributed by atoms with Gasteiger partial charge in [0.25, 0.3) is 5.91 Å². The topological polar surface area (TPSA) is 55.4 Å².